The van der Waals surface area contributed by atoms with E-state index in [2.05, 4.69) is 16.0 Å². The molecule has 0 aromatic rings. The number of carboxylic acid groups (broad SMARTS) is 1. The van der Waals surface area contributed by atoms with Crippen LogP contribution in [0.4, 0.5) is 0 Å². The molecule has 0 spiro atoms. The van der Waals surface area contributed by atoms with Gasteiger partial charge in [0.2, 0.25) is 23.6 Å². The van der Waals surface area contributed by atoms with Crippen molar-refractivity contribution < 1.29 is 34.2 Å². The van der Waals surface area contributed by atoms with Gasteiger partial charge in [-0.05, 0) is 39.7 Å². The molecule has 12 nitrogen and oxygen atoms in total. The highest BCUT2D eigenvalue weighted by molar-refractivity contribution is 5.95. The third-order valence-electron chi connectivity index (χ3n) is 4.52. The molecular weight excluding hydrogens is 410 g/mol. The lowest BCUT2D eigenvalue weighted by Gasteiger charge is -2.28. The van der Waals surface area contributed by atoms with Crippen LogP contribution in [0.25, 0.3) is 0 Å². The maximum absolute atomic E-state index is 12.8. The average molecular weight is 446 g/mol. The van der Waals surface area contributed by atoms with Crippen LogP contribution in [-0.4, -0.2) is 89.1 Å². The zero-order chi connectivity index (χ0) is 24.0. The number of carbonyl (C=O) groups is 5. The fraction of sp³-hybridized carbons (Fsp3) is 0.737. The van der Waals surface area contributed by atoms with E-state index in [9.17, 15) is 29.1 Å². The molecule has 0 rings (SSSR count). The zero-order valence-electron chi connectivity index (χ0n) is 18.3. The Balaban J connectivity index is 5.47. The van der Waals surface area contributed by atoms with Crippen LogP contribution >= 0.6 is 0 Å². The number of aliphatic hydroxyl groups excluding tert-OH is 1. The molecule has 12 heteroatoms. The average Bonchev–Trinajstić information content (AvgIpc) is 2.70. The van der Waals surface area contributed by atoms with Gasteiger partial charge in [0, 0.05) is 20.0 Å². The molecule has 0 saturated carbocycles. The Hall–Kier alpha value is -2.73. The van der Waals surface area contributed by atoms with Crippen molar-refractivity contribution in [1.29, 1.82) is 0 Å². The number of unbranched alkanes of at least 4 members (excludes halogenated alkanes) is 1. The van der Waals surface area contributed by atoms with Crippen LogP contribution in [0.2, 0.25) is 0 Å². The molecule has 0 aromatic carbocycles. The Bertz CT molecular complexity index is 625. The first-order chi connectivity index (χ1) is 14.6. The largest absolute Gasteiger partial charge is 0.481 e. The number of hydrogen-bond acceptors (Lipinski definition) is 7. The fourth-order valence-corrected chi connectivity index (χ4v) is 2.87. The summed E-state index contributed by atoms with van der Waals surface area (Å²) in [6.07, 6.45) is 0.767. The van der Waals surface area contributed by atoms with Crippen LogP contribution in [-0.2, 0) is 24.0 Å². The summed E-state index contributed by atoms with van der Waals surface area (Å²) in [7, 11) is 0. The van der Waals surface area contributed by atoms with Crippen LogP contribution in [0.5, 0.6) is 0 Å². The van der Waals surface area contributed by atoms with E-state index >= 15 is 0 Å². The molecule has 0 heterocycles. The van der Waals surface area contributed by atoms with Crippen molar-refractivity contribution in [2.24, 2.45) is 5.73 Å². The Kier molecular flexibility index (Phi) is 13.8. The molecule has 7 N–H and O–H groups in total. The second-order valence-electron chi connectivity index (χ2n) is 6.95. The van der Waals surface area contributed by atoms with E-state index in [0.717, 1.165) is 6.92 Å². The summed E-state index contributed by atoms with van der Waals surface area (Å²) >= 11 is 0. The molecule has 0 saturated heterocycles. The molecule has 0 aliphatic heterocycles. The van der Waals surface area contributed by atoms with Crippen molar-refractivity contribution in [1.82, 2.24) is 20.9 Å². The predicted molar refractivity (Wildman–Crippen MR) is 112 cm³/mol. The Morgan fingerprint density at radius 2 is 1.45 bits per heavy atom. The van der Waals surface area contributed by atoms with Gasteiger partial charge in [-0.15, -0.1) is 0 Å². The van der Waals surface area contributed by atoms with Crippen LogP contribution in [0.1, 0.15) is 46.5 Å². The number of carbonyl (C=O) groups excluding carboxylic acids is 4. The molecule has 0 fully saturated rings. The van der Waals surface area contributed by atoms with Gasteiger partial charge in [-0.1, -0.05) is 0 Å². The molecule has 0 aliphatic rings. The molecule has 178 valence electrons. The first-order valence-corrected chi connectivity index (χ1v) is 10.3. The molecule has 0 bridgehead atoms. The Labute approximate surface area is 181 Å². The number of hydrogen-bond donors (Lipinski definition) is 6. The van der Waals surface area contributed by atoms with Gasteiger partial charge in [0.05, 0.1) is 13.0 Å². The van der Waals surface area contributed by atoms with Crippen molar-refractivity contribution in [2.75, 3.05) is 26.2 Å². The zero-order valence-corrected chi connectivity index (χ0v) is 18.3. The molecule has 4 amide bonds. The van der Waals surface area contributed by atoms with Crippen molar-refractivity contribution in [3.8, 4) is 0 Å². The van der Waals surface area contributed by atoms with E-state index in [1.165, 1.54) is 4.90 Å². The molecule has 31 heavy (non-hydrogen) atoms. The standard InChI is InChI=1S/C19H35N5O7/c1-4-24(5-2)19(31)13(8-6-7-9-20)22-17(29)14(10-16(27)28)23-18(30)15(11-25)21-12(3)26/h13-15,25H,4-11,20H2,1-3H3,(H,21,26)(H,22,29)(H,23,30)(H,27,28)/t13-,14-,15-/m0/s1. The summed E-state index contributed by atoms with van der Waals surface area (Å²) < 4.78 is 0. The highest BCUT2D eigenvalue weighted by Gasteiger charge is 2.31. The van der Waals surface area contributed by atoms with Crippen LogP contribution in [0, 0.1) is 0 Å². The minimum absolute atomic E-state index is 0.303. The maximum Gasteiger partial charge on any atom is 0.305 e. The summed E-state index contributed by atoms with van der Waals surface area (Å²) in [5, 5.41) is 25.4. The van der Waals surface area contributed by atoms with Gasteiger partial charge in [-0.3, -0.25) is 24.0 Å². The highest BCUT2D eigenvalue weighted by Crippen LogP contribution is 2.07. The van der Waals surface area contributed by atoms with Crippen molar-refractivity contribution in [2.45, 2.75) is 64.6 Å². The Morgan fingerprint density at radius 1 is 0.903 bits per heavy atom. The van der Waals surface area contributed by atoms with Crippen molar-refractivity contribution >= 4 is 29.6 Å². The van der Waals surface area contributed by atoms with Gasteiger partial charge in [-0.2, -0.15) is 0 Å². The molecule has 0 aromatic heterocycles. The lowest BCUT2D eigenvalue weighted by molar-refractivity contribution is -0.142. The van der Waals surface area contributed by atoms with Crippen LogP contribution in [0.3, 0.4) is 0 Å². The maximum atomic E-state index is 12.8. The summed E-state index contributed by atoms with van der Waals surface area (Å²) in [5.41, 5.74) is 5.49. The van der Waals surface area contributed by atoms with E-state index in [0.29, 0.717) is 38.9 Å². The smallest absolute Gasteiger partial charge is 0.305 e. The van der Waals surface area contributed by atoms with Gasteiger partial charge < -0.3 is 36.8 Å². The van der Waals surface area contributed by atoms with Gasteiger partial charge in [0.25, 0.3) is 0 Å². The van der Waals surface area contributed by atoms with E-state index in [-0.39, 0.29) is 5.91 Å². The van der Waals surface area contributed by atoms with Gasteiger partial charge >= 0.3 is 5.97 Å². The van der Waals surface area contributed by atoms with Crippen molar-refractivity contribution in [3.05, 3.63) is 0 Å². The number of rotatable bonds is 15. The number of carboxylic acids is 1. The van der Waals surface area contributed by atoms with E-state index in [4.69, 9.17) is 10.8 Å². The molecule has 0 aliphatic carbocycles. The third-order valence-corrected chi connectivity index (χ3v) is 4.52. The molecule has 3 atom stereocenters. The first kappa shape index (κ1) is 28.3. The minimum atomic E-state index is -1.51. The number of nitrogens with one attached hydrogen (secondary N) is 3. The van der Waals surface area contributed by atoms with Crippen LogP contribution < -0.4 is 21.7 Å². The topological polar surface area (TPSA) is 191 Å². The molecule has 0 unspecified atom stereocenters. The number of amides is 4. The summed E-state index contributed by atoms with van der Waals surface area (Å²) in [4.78, 5) is 61.7. The molecular formula is C19H35N5O7. The lowest BCUT2D eigenvalue weighted by atomic mass is 10.1. The first-order valence-electron chi connectivity index (χ1n) is 10.3. The minimum Gasteiger partial charge on any atom is -0.481 e. The van der Waals surface area contributed by atoms with Crippen molar-refractivity contribution in [3.63, 3.8) is 0 Å². The summed E-state index contributed by atoms with van der Waals surface area (Å²) in [6.45, 7) is 5.28. The normalized spacial score (nSPS) is 13.5. The van der Waals surface area contributed by atoms with E-state index in [1.54, 1.807) is 13.8 Å². The number of likely N-dealkylation sites (N-methyl/N-ethyl adjacent to an activating group) is 1. The van der Waals surface area contributed by atoms with E-state index < -0.39 is 54.8 Å². The summed E-state index contributed by atoms with van der Waals surface area (Å²) in [5.74, 6) is -4.03. The van der Waals surface area contributed by atoms with E-state index in [1.807, 2.05) is 0 Å². The lowest BCUT2D eigenvalue weighted by Crippen LogP contribution is -2.58. The number of aliphatic hydroxyl groups is 1. The van der Waals surface area contributed by atoms with Gasteiger partial charge in [0.1, 0.15) is 18.1 Å². The number of nitrogens with two attached hydrogens (primary N) is 1. The number of nitrogens with zero attached hydrogens (tertiary/aromatic N) is 1. The molecule has 0 radical (unpaired) electrons. The van der Waals surface area contributed by atoms with Gasteiger partial charge in [0.15, 0.2) is 0 Å². The SMILES string of the molecule is CCN(CC)C(=O)[C@H](CCCCN)NC(=O)[C@H](CC(=O)O)NC(=O)[C@H](CO)NC(C)=O. The predicted octanol–water partition coefficient (Wildman–Crippen LogP) is -2.07. The number of aliphatic carboxylic acids is 1. The Morgan fingerprint density at radius 3 is 1.90 bits per heavy atom. The fourth-order valence-electron chi connectivity index (χ4n) is 2.87. The third kappa shape index (κ3) is 10.7. The van der Waals surface area contributed by atoms with Gasteiger partial charge in [-0.25, -0.2) is 0 Å². The monoisotopic (exact) mass is 445 g/mol. The van der Waals surface area contributed by atoms with Crippen LogP contribution in [0.15, 0.2) is 0 Å². The second kappa shape index (κ2) is 15.1. The quantitative estimate of drug-likeness (QED) is 0.155. The second-order valence-corrected chi connectivity index (χ2v) is 6.95. The highest BCUT2D eigenvalue weighted by atomic mass is 16.4. The summed E-state index contributed by atoms with van der Waals surface area (Å²) in [6, 6.07) is -3.76.